The molecular formula is C13H8F6NO. The molecule has 1 radical (unpaired) electrons. The van der Waals surface area contributed by atoms with Crippen LogP contribution < -0.4 is 4.74 Å². The van der Waals surface area contributed by atoms with Crippen LogP contribution in [0.5, 0.6) is 11.6 Å². The highest BCUT2D eigenvalue weighted by Crippen LogP contribution is 2.39. The molecule has 2 nitrogen and oxygen atoms in total. The summed E-state index contributed by atoms with van der Waals surface area (Å²) in [6.07, 6.45) is -8.38. The van der Waals surface area contributed by atoms with Crippen molar-refractivity contribution in [3.05, 3.63) is 47.7 Å². The van der Waals surface area contributed by atoms with Gasteiger partial charge in [-0.25, -0.2) is 0 Å². The highest BCUT2D eigenvalue weighted by molar-refractivity contribution is 5.39. The van der Waals surface area contributed by atoms with Crippen LogP contribution in [0.15, 0.2) is 30.5 Å². The van der Waals surface area contributed by atoms with E-state index in [0.29, 0.717) is 12.1 Å². The summed E-state index contributed by atoms with van der Waals surface area (Å²) in [7, 11) is 1.52. The van der Waals surface area contributed by atoms with Gasteiger partial charge in [0.1, 0.15) is 5.75 Å². The highest BCUT2D eigenvalue weighted by Gasteiger charge is 2.37. The van der Waals surface area contributed by atoms with Gasteiger partial charge in [0.15, 0.2) is 5.88 Å². The van der Waals surface area contributed by atoms with Crippen molar-refractivity contribution in [2.24, 2.45) is 7.05 Å². The Balaban J connectivity index is 2.48. The number of nitrogens with zero attached hydrogens (tertiary/aromatic N) is 1. The van der Waals surface area contributed by atoms with Crippen LogP contribution >= 0.6 is 0 Å². The first-order chi connectivity index (χ1) is 9.57. The molecule has 0 aliphatic rings. The van der Waals surface area contributed by atoms with Crippen LogP contribution in [0.2, 0.25) is 0 Å². The van der Waals surface area contributed by atoms with E-state index in [0.717, 1.165) is 0 Å². The second-order valence-corrected chi connectivity index (χ2v) is 4.23. The molecule has 0 bridgehead atoms. The van der Waals surface area contributed by atoms with Gasteiger partial charge in [-0.15, -0.1) is 0 Å². The van der Waals surface area contributed by atoms with Crippen molar-refractivity contribution in [1.82, 2.24) is 4.57 Å². The van der Waals surface area contributed by atoms with Gasteiger partial charge >= 0.3 is 12.4 Å². The summed E-state index contributed by atoms with van der Waals surface area (Å²) in [4.78, 5) is 0. The smallest absolute Gasteiger partial charge is 0.416 e. The second kappa shape index (κ2) is 5.01. The van der Waals surface area contributed by atoms with Crippen LogP contribution in [-0.4, -0.2) is 4.57 Å². The van der Waals surface area contributed by atoms with Crippen LogP contribution in [0.25, 0.3) is 0 Å². The zero-order valence-electron chi connectivity index (χ0n) is 10.5. The largest absolute Gasteiger partial charge is 0.441 e. The van der Waals surface area contributed by atoms with Crippen molar-refractivity contribution in [3.63, 3.8) is 0 Å². The first-order valence-corrected chi connectivity index (χ1v) is 5.57. The Labute approximate surface area is 115 Å². The van der Waals surface area contributed by atoms with Gasteiger partial charge in [0, 0.05) is 25.4 Å². The maximum absolute atomic E-state index is 12.7. The fraction of sp³-hybridized carbons (Fsp3) is 0.231. The lowest BCUT2D eigenvalue weighted by Crippen LogP contribution is -2.11. The Bertz CT molecular complexity index is 609. The average molecular weight is 308 g/mol. The number of aryl methyl sites for hydroxylation is 1. The van der Waals surface area contributed by atoms with E-state index in [-0.39, 0.29) is 11.9 Å². The molecule has 0 amide bonds. The third-order valence-electron chi connectivity index (χ3n) is 2.61. The minimum Gasteiger partial charge on any atom is -0.441 e. The van der Waals surface area contributed by atoms with E-state index in [1.165, 1.54) is 23.9 Å². The summed E-state index contributed by atoms with van der Waals surface area (Å²) in [5, 5.41) is 0. The van der Waals surface area contributed by atoms with E-state index < -0.39 is 29.2 Å². The maximum atomic E-state index is 12.7. The molecule has 0 atom stereocenters. The lowest BCUT2D eigenvalue weighted by molar-refractivity contribution is -0.143. The molecule has 0 spiro atoms. The van der Waals surface area contributed by atoms with E-state index in [1.807, 2.05) is 0 Å². The molecule has 1 aromatic carbocycles. The van der Waals surface area contributed by atoms with Crippen LogP contribution in [0.3, 0.4) is 0 Å². The Morgan fingerprint density at radius 1 is 0.952 bits per heavy atom. The molecule has 0 aliphatic heterocycles. The molecule has 0 unspecified atom stereocenters. The van der Waals surface area contributed by atoms with Gasteiger partial charge in [-0.3, -0.25) is 0 Å². The zero-order chi connectivity index (χ0) is 15.8. The summed E-state index contributed by atoms with van der Waals surface area (Å²) in [5.41, 5.74) is -2.85. The molecule has 0 aliphatic carbocycles. The summed E-state index contributed by atoms with van der Waals surface area (Å²) in [6.45, 7) is 0. The number of rotatable bonds is 2. The van der Waals surface area contributed by atoms with E-state index >= 15 is 0 Å². The van der Waals surface area contributed by atoms with Gasteiger partial charge < -0.3 is 9.30 Å². The first kappa shape index (κ1) is 15.3. The van der Waals surface area contributed by atoms with E-state index in [1.54, 1.807) is 0 Å². The lowest BCUT2D eigenvalue weighted by Gasteiger charge is -2.14. The van der Waals surface area contributed by atoms with Gasteiger partial charge in [0.05, 0.1) is 11.1 Å². The molecule has 0 saturated carbocycles. The van der Waals surface area contributed by atoms with Gasteiger partial charge in [0.2, 0.25) is 0 Å². The molecule has 1 aromatic heterocycles. The van der Waals surface area contributed by atoms with Gasteiger partial charge in [-0.2, -0.15) is 26.3 Å². The minimum absolute atomic E-state index is 0.0456. The van der Waals surface area contributed by atoms with E-state index in [2.05, 4.69) is 6.07 Å². The summed E-state index contributed by atoms with van der Waals surface area (Å²) in [5.74, 6) is -0.477. The first-order valence-electron chi connectivity index (χ1n) is 5.57. The van der Waals surface area contributed by atoms with Crippen LogP contribution in [-0.2, 0) is 19.4 Å². The van der Waals surface area contributed by atoms with Crippen molar-refractivity contribution in [1.29, 1.82) is 0 Å². The Morgan fingerprint density at radius 3 is 1.86 bits per heavy atom. The van der Waals surface area contributed by atoms with Crippen LogP contribution in [0.1, 0.15) is 11.1 Å². The van der Waals surface area contributed by atoms with Gasteiger partial charge in [-0.1, -0.05) is 0 Å². The summed E-state index contributed by atoms with van der Waals surface area (Å²) >= 11 is 0. The number of halogens is 6. The van der Waals surface area contributed by atoms with Gasteiger partial charge in [-0.05, 0) is 18.2 Å². The molecule has 8 heteroatoms. The Hall–Kier alpha value is -2.12. The molecule has 0 fully saturated rings. The third-order valence-corrected chi connectivity index (χ3v) is 2.61. The molecular weight excluding hydrogens is 300 g/mol. The van der Waals surface area contributed by atoms with Crippen molar-refractivity contribution < 1.29 is 31.1 Å². The minimum atomic E-state index is -4.90. The lowest BCUT2D eigenvalue weighted by atomic mass is 10.1. The molecule has 1 heterocycles. The fourth-order valence-electron chi connectivity index (χ4n) is 1.59. The second-order valence-electron chi connectivity index (χ2n) is 4.23. The molecule has 0 saturated heterocycles. The van der Waals surface area contributed by atoms with Crippen molar-refractivity contribution >= 4 is 0 Å². The fourth-order valence-corrected chi connectivity index (χ4v) is 1.59. The Morgan fingerprint density at radius 2 is 1.48 bits per heavy atom. The normalized spacial score (nSPS) is 12.5. The quantitative estimate of drug-likeness (QED) is 0.736. The standard InChI is InChI=1S/C13H8F6NO/c1-20-4-2-3-11(20)21-10-6-8(12(14,15)16)5-9(7-10)13(17,18)19/h3-7H,1H3. The number of hydrogen-bond acceptors (Lipinski definition) is 1. The van der Waals surface area contributed by atoms with E-state index in [9.17, 15) is 26.3 Å². The van der Waals surface area contributed by atoms with Crippen molar-refractivity contribution in [2.45, 2.75) is 12.4 Å². The van der Waals surface area contributed by atoms with Crippen LogP contribution in [0.4, 0.5) is 26.3 Å². The van der Waals surface area contributed by atoms with Crippen molar-refractivity contribution in [2.75, 3.05) is 0 Å². The Kier molecular flexibility index (Phi) is 3.65. The highest BCUT2D eigenvalue weighted by atomic mass is 19.4. The monoisotopic (exact) mass is 308 g/mol. The molecule has 2 rings (SSSR count). The predicted octanol–water partition coefficient (Wildman–Crippen LogP) is 4.66. The topological polar surface area (TPSA) is 14.2 Å². The number of hydrogen-bond donors (Lipinski definition) is 0. The molecule has 113 valence electrons. The number of ether oxygens (including phenoxy) is 1. The predicted molar refractivity (Wildman–Crippen MR) is 60.8 cm³/mol. The number of aromatic nitrogens is 1. The van der Waals surface area contributed by atoms with Gasteiger partial charge in [0.25, 0.3) is 0 Å². The molecule has 21 heavy (non-hydrogen) atoms. The number of benzene rings is 1. The summed E-state index contributed by atoms with van der Waals surface area (Å²) < 4.78 is 82.4. The van der Waals surface area contributed by atoms with Crippen molar-refractivity contribution in [3.8, 4) is 11.6 Å². The average Bonchev–Trinajstić information content (AvgIpc) is 2.72. The molecule has 2 aromatic rings. The van der Waals surface area contributed by atoms with Crippen LogP contribution in [0, 0.1) is 6.07 Å². The third kappa shape index (κ3) is 3.50. The molecule has 0 N–H and O–H groups in total. The number of alkyl halides is 6. The SMILES string of the molecule is Cn1c[c]cc1Oc1cc(C(F)(F)F)cc(C(F)(F)F)c1. The zero-order valence-corrected chi connectivity index (χ0v) is 10.5. The maximum Gasteiger partial charge on any atom is 0.416 e. The van der Waals surface area contributed by atoms with E-state index in [4.69, 9.17) is 4.74 Å². The summed E-state index contributed by atoms with van der Waals surface area (Å²) in [6, 6.07) is 4.98.